The summed E-state index contributed by atoms with van der Waals surface area (Å²) in [5.41, 5.74) is 4.00. The molecule has 1 aromatic heterocycles. The van der Waals surface area contributed by atoms with Gasteiger partial charge in [-0.1, -0.05) is 50.3 Å². The predicted octanol–water partition coefficient (Wildman–Crippen LogP) is 5.06. The number of para-hydroxylation sites is 1. The number of hydrogen-bond donors (Lipinski definition) is 0. The minimum Gasteiger partial charge on any atom is -0.253 e. The molecule has 0 N–H and O–H groups in total. The molecule has 0 atom stereocenters. The van der Waals surface area contributed by atoms with Crippen LogP contribution in [0.15, 0.2) is 30.3 Å². The quantitative estimate of drug-likeness (QED) is 0.639. The van der Waals surface area contributed by atoms with E-state index in [0.29, 0.717) is 0 Å². The normalized spacial score (nSPS) is 17.7. The lowest BCUT2D eigenvalue weighted by molar-refractivity contribution is 0.574. The first-order valence-corrected chi connectivity index (χ1v) is 7.81. The van der Waals surface area contributed by atoms with Gasteiger partial charge in [0.1, 0.15) is 0 Å². The summed E-state index contributed by atoms with van der Waals surface area (Å²) in [4.78, 5) is 4.83. The van der Waals surface area contributed by atoms with E-state index >= 15 is 0 Å². The predicted molar refractivity (Wildman–Crippen MR) is 81.5 cm³/mol. The fraction of sp³-hybridized carbons (Fsp3) is 0.500. The minimum absolute atomic E-state index is 1.15. The van der Waals surface area contributed by atoms with Gasteiger partial charge in [-0.25, -0.2) is 0 Å². The van der Waals surface area contributed by atoms with Gasteiger partial charge in [-0.15, -0.1) is 0 Å². The number of rotatable bonds is 0. The van der Waals surface area contributed by atoms with Crippen LogP contribution in [0.3, 0.4) is 0 Å². The number of aryl methyl sites for hydroxylation is 2. The van der Waals surface area contributed by atoms with Crippen LogP contribution in [0, 0.1) is 0 Å². The number of nitrogens with zero attached hydrogens (tertiary/aromatic N) is 1. The lowest BCUT2D eigenvalue weighted by Gasteiger charge is -2.11. The summed E-state index contributed by atoms with van der Waals surface area (Å²) in [6, 6.07) is 11.0. The second-order valence-corrected chi connectivity index (χ2v) is 5.76. The number of hydrogen-bond acceptors (Lipinski definition) is 1. The molecule has 1 heteroatoms. The molecule has 0 saturated carbocycles. The summed E-state index contributed by atoms with van der Waals surface area (Å²) in [5, 5.41) is 1.36. The Morgan fingerprint density at radius 2 is 1.42 bits per heavy atom. The smallest absolute Gasteiger partial charge is 0.0708 e. The molecular weight excluding hydrogens is 230 g/mol. The van der Waals surface area contributed by atoms with Crippen molar-refractivity contribution in [2.24, 2.45) is 0 Å². The molecule has 1 aromatic carbocycles. The van der Waals surface area contributed by atoms with Gasteiger partial charge in [-0.3, -0.25) is 4.98 Å². The van der Waals surface area contributed by atoms with Gasteiger partial charge in [0.25, 0.3) is 0 Å². The van der Waals surface area contributed by atoms with Crippen molar-refractivity contribution >= 4 is 10.9 Å². The SMILES string of the molecule is c1ccc2c3cc(nc2c1)CCCCCCCCC3. The lowest BCUT2D eigenvalue weighted by Crippen LogP contribution is -1.98. The standard InChI is InChI=1S/C18H23N/c1-2-4-6-10-15-14-16(11-7-5-3-1)19-18-13-9-8-12-17(15)18/h8-9,12-14H,1-7,10-11H2. The molecule has 2 bridgehead atoms. The van der Waals surface area contributed by atoms with Crippen molar-refractivity contribution in [1.82, 2.24) is 4.98 Å². The third-order valence-corrected chi connectivity index (χ3v) is 4.23. The highest BCUT2D eigenvalue weighted by molar-refractivity contribution is 5.82. The Balaban J connectivity index is 1.96. The van der Waals surface area contributed by atoms with E-state index in [1.54, 1.807) is 0 Å². The molecule has 1 heterocycles. The summed E-state index contributed by atoms with van der Waals surface area (Å²) < 4.78 is 0. The van der Waals surface area contributed by atoms with Crippen molar-refractivity contribution < 1.29 is 0 Å². The van der Waals surface area contributed by atoms with Crippen molar-refractivity contribution in [3.63, 3.8) is 0 Å². The molecular formula is C18H23N. The van der Waals surface area contributed by atoms with Crippen molar-refractivity contribution in [1.29, 1.82) is 0 Å². The Hall–Kier alpha value is -1.37. The van der Waals surface area contributed by atoms with Gasteiger partial charge in [0.2, 0.25) is 0 Å². The van der Waals surface area contributed by atoms with Gasteiger partial charge in [0.05, 0.1) is 5.52 Å². The summed E-state index contributed by atoms with van der Waals surface area (Å²) in [6.45, 7) is 0. The summed E-state index contributed by atoms with van der Waals surface area (Å²) >= 11 is 0. The van der Waals surface area contributed by atoms with E-state index in [-0.39, 0.29) is 0 Å². The monoisotopic (exact) mass is 253 g/mol. The van der Waals surface area contributed by atoms with E-state index in [2.05, 4.69) is 30.3 Å². The maximum Gasteiger partial charge on any atom is 0.0708 e. The van der Waals surface area contributed by atoms with Crippen molar-refractivity contribution in [2.45, 2.75) is 57.8 Å². The highest BCUT2D eigenvalue weighted by Gasteiger charge is 2.06. The van der Waals surface area contributed by atoms with Gasteiger partial charge in [0.15, 0.2) is 0 Å². The van der Waals surface area contributed by atoms with Crippen molar-refractivity contribution in [3.8, 4) is 0 Å². The van der Waals surface area contributed by atoms with E-state index in [9.17, 15) is 0 Å². The van der Waals surface area contributed by atoms with Crippen LogP contribution in [0.2, 0.25) is 0 Å². The largest absolute Gasteiger partial charge is 0.253 e. The third-order valence-electron chi connectivity index (χ3n) is 4.23. The van der Waals surface area contributed by atoms with Gasteiger partial charge in [-0.05, 0) is 43.4 Å². The van der Waals surface area contributed by atoms with Crippen LogP contribution in [0.4, 0.5) is 0 Å². The molecule has 1 aliphatic carbocycles. The molecule has 100 valence electrons. The molecule has 0 unspecified atom stereocenters. The van der Waals surface area contributed by atoms with E-state index in [0.717, 1.165) is 6.42 Å². The summed E-state index contributed by atoms with van der Waals surface area (Å²) in [6.07, 6.45) is 12.0. The Labute approximate surface area is 116 Å². The fourth-order valence-electron chi connectivity index (χ4n) is 3.15. The van der Waals surface area contributed by atoms with Crippen LogP contribution in [0.25, 0.3) is 10.9 Å². The third kappa shape index (κ3) is 3.15. The van der Waals surface area contributed by atoms with E-state index in [4.69, 9.17) is 4.98 Å². The highest BCUT2D eigenvalue weighted by atomic mass is 14.7. The number of pyridine rings is 1. The van der Waals surface area contributed by atoms with Crippen LogP contribution in [-0.4, -0.2) is 4.98 Å². The first-order valence-electron chi connectivity index (χ1n) is 7.81. The van der Waals surface area contributed by atoms with Crippen LogP contribution in [0.5, 0.6) is 0 Å². The van der Waals surface area contributed by atoms with Crippen LogP contribution in [0.1, 0.15) is 56.2 Å². The number of benzene rings is 1. The minimum atomic E-state index is 1.15. The Kier molecular flexibility index (Phi) is 4.12. The molecule has 0 radical (unpaired) electrons. The molecule has 0 spiro atoms. The molecule has 0 amide bonds. The first-order chi connectivity index (χ1) is 9.43. The fourth-order valence-corrected chi connectivity index (χ4v) is 3.15. The van der Waals surface area contributed by atoms with Gasteiger partial charge >= 0.3 is 0 Å². The van der Waals surface area contributed by atoms with Crippen LogP contribution in [-0.2, 0) is 12.8 Å². The molecule has 0 fully saturated rings. The van der Waals surface area contributed by atoms with Crippen LogP contribution >= 0.6 is 0 Å². The summed E-state index contributed by atoms with van der Waals surface area (Å²) in [7, 11) is 0. The summed E-state index contributed by atoms with van der Waals surface area (Å²) in [5.74, 6) is 0. The zero-order valence-electron chi connectivity index (χ0n) is 11.7. The number of fused-ring (bicyclic) bond motifs is 4. The average molecular weight is 253 g/mol. The molecule has 2 aromatic rings. The molecule has 1 aliphatic rings. The van der Waals surface area contributed by atoms with Crippen LogP contribution < -0.4 is 0 Å². The Morgan fingerprint density at radius 3 is 2.26 bits per heavy atom. The van der Waals surface area contributed by atoms with Crippen molar-refractivity contribution in [3.05, 3.63) is 41.6 Å². The zero-order chi connectivity index (χ0) is 12.9. The zero-order valence-corrected chi connectivity index (χ0v) is 11.7. The topological polar surface area (TPSA) is 12.9 Å². The average Bonchev–Trinajstić information content (AvgIpc) is 2.44. The van der Waals surface area contributed by atoms with E-state index in [1.807, 2.05) is 0 Å². The molecule has 3 rings (SSSR count). The molecule has 1 nitrogen and oxygen atoms in total. The number of aromatic nitrogens is 1. The van der Waals surface area contributed by atoms with E-state index in [1.165, 1.54) is 73.5 Å². The molecule has 19 heavy (non-hydrogen) atoms. The lowest BCUT2D eigenvalue weighted by atomic mass is 9.98. The highest BCUT2D eigenvalue weighted by Crippen LogP contribution is 2.22. The van der Waals surface area contributed by atoms with Gasteiger partial charge in [-0.2, -0.15) is 0 Å². The van der Waals surface area contributed by atoms with Gasteiger partial charge in [0, 0.05) is 11.1 Å². The Bertz CT molecular complexity index is 544. The van der Waals surface area contributed by atoms with Gasteiger partial charge < -0.3 is 0 Å². The van der Waals surface area contributed by atoms with Crippen molar-refractivity contribution in [2.75, 3.05) is 0 Å². The second-order valence-electron chi connectivity index (χ2n) is 5.76. The maximum atomic E-state index is 4.83. The van der Waals surface area contributed by atoms with E-state index < -0.39 is 0 Å². The molecule has 0 aliphatic heterocycles. The first kappa shape index (κ1) is 12.7. The maximum absolute atomic E-state index is 4.83. The second kappa shape index (κ2) is 6.18. The molecule has 0 saturated heterocycles. The Morgan fingerprint density at radius 1 is 0.737 bits per heavy atom.